The van der Waals surface area contributed by atoms with Crippen LogP contribution in [0.2, 0.25) is 0 Å². The van der Waals surface area contributed by atoms with Gasteiger partial charge in [-0.05, 0) is 13.0 Å². The second kappa shape index (κ2) is 5.67. The maximum atomic E-state index is 13.4. The number of carbonyl (C=O) groups is 1. The largest absolute Gasteiger partial charge is 0.508 e. The minimum absolute atomic E-state index is 0.00211. The van der Waals surface area contributed by atoms with Crippen LogP contribution in [0.1, 0.15) is 25.3 Å². The summed E-state index contributed by atoms with van der Waals surface area (Å²) in [6.45, 7) is 2.11. The molecule has 1 aliphatic rings. The fourth-order valence-electron chi connectivity index (χ4n) is 2.92. The molecule has 0 aliphatic carbocycles. The molecule has 0 radical (unpaired) electrons. The highest BCUT2D eigenvalue weighted by atomic mass is 19.4. The van der Waals surface area contributed by atoms with Gasteiger partial charge in [-0.1, -0.05) is 13.0 Å². The molecule has 1 heterocycles. The molecule has 23 heavy (non-hydrogen) atoms. The van der Waals surface area contributed by atoms with Crippen LogP contribution >= 0.6 is 0 Å². The molecule has 0 saturated carbocycles. The van der Waals surface area contributed by atoms with Gasteiger partial charge in [0.15, 0.2) is 11.7 Å². The van der Waals surface area contributed by atoms with Gasteiger partial charge in [0.25, 0.3) is 0 Å². The molecule has 1 saturated heterocycles. The number of methoxy groups -OCH3 is 1. The van der Waals surface area contributed by atoms with Gasteiger partial charge in [0, 0.05) is 23.5 Å². The Bertz CT molecular complexity index is 616. The number of esters is 1. The molecule has 128 valence electrons. The number of ether oxygens (including phenoxy) is 2. The summed E-state index contributed by atoms with van der Waals surface area (Å²) in [5.41, 5.74) is -2.60. The first-order valence-corrected chi connectivity index (χ1v) is 6.83. The lowest BCUT2D eigenvalue weighted by molar-refractivity contribution is -0.274. The van der Waals surface area contributed by atoms with E-state index in [1.807, 2.05) is 0 Å². The van der Waals surface area contributed by atoms with Gasteiger partial charge < -0.3 is 14.6 Å². The van der Waals surface area contributed by atoms with E-state index in [2.05, 4.69) is 4.74 Å². The van der Waals surface area contributed by atoms with Gasteiger partial charge in [-0.15, -0.1) is 0 Å². The Labute approximate surface area is 130 Å². The number of phenolic OH excluding ortho intramolecular Hbond substituents is 1. The van der Waals surface area contributed by atoms with Crippen molar-refractivity contribution in [2.24, 2.45) is 5.92 Å². The van der Waals surface area contributed by atoms with E-state index < -0.39 is 47.3 Å². The third-order valence-corrected chi connectivity index (χ3v) is 4.45. The van der Waals surface area contributed by atoms with Crippen molar-refractivity contribution in [2.45, 2.75) is 37.6 Å². The number of halogens is 4. The third kappa shape index (κ3) is 2.75. The topological polar surface area (TPSA) is 55.8 Å². The second-order valence-corrected chi connectivity index (χ2v) is 5.68. The first-order valence-electron chi connectivity index (χ1n) is 6.83. The average Bonchev–Trinajstić information content (AvgIpc) is 2.72. The number of hydrogen-bond acceptors (Lipinski definition) is 4. The molecule has 1 fully saturated rings. The number of aromatic hydroxyl groups is 1. The maximum absolute atomic E-state index is 13.4. The quantitative estimate of drug-likeness (QED) is 0.666. The fourth-order valence-corrected chi connectivity index (χ4v) is 2.92. The molecule has 4 atom stereocenters. The van der Waals surface area contributed by atoms with Crippen LogP contribution in [-0.2, 0) is 14.3 Å². The molecule has 1 aliphatic heterocycles. The van der Waals surface area contributed by atoms with Crippen LogP contribution in [0.4, 0.5) is 17.6 Å². The molecular formula is C15H16F4O4. The molecule has 1 N–H and O–H groups in total. The average molecular weight is 336 g/mol. The van der Waals surface area contributed by atoms with E-state index in [9.17, 15) is 27.5 Å². The fraction of sp³-hybridized carbons (Fsp3) is 0.533. The SMILES string of the molecule is COC(=O)[C@H]1O[C@@](C)(C(F)(F)F)[C@@H](C)[C@H]1c1ccc(F)cc1O. The van der Waals surface area contributed by atoms with E-state index in [4.69, 9.17) is 4.74 Å². The second-order valence-electron chi connectivity index (χ2n) is 5.68. The van der Waals surface area contributed by atoms with Gasteiger partial charge in [0.05, 0.1) is 7.11 Å². The lowest BCUT2D eigenvalue weighted by atomic mass is 9.77. The van der Waals surface area contributed by atoms with Crippen molar-refractivity contribution in [2.75, 3.05) is 7.11 Å². The number of hydrogen-bond donors (Lipinski definition) is 1. The summed E-state index contributed by atoms with van der Waals surface area (Å²) in [7, 11) is 1.03. The summed E-state index contributed by atoms with van der Waals surface area (Å²) in [6, 6.07) is 2.92. The minimum atomic E-state index is -4.73. The van der Waals surface area contributed by atoms with Crippen molar-refractivity contribution in [1.82, 2.24) is 0 Å². The first kappa shape index (κ1) is 17.5. The highest BCUT2D eigenvalue weighted by Crippen LogP contribution is 2.54. The summed E-state index contributed by atoms with van der Waals surface area (Å²) >= 11 is 0. The summed E-state index contributed by atoms with van der Waals surface area (Å²) < 4.78 is 62.8. The van der Waals surface area contributed by atoms with Crippen LogP contribution in [-0.4, -0.2) is 36.1 Å². The van der Waals surface area contributed by atoms with Crippen LogP contribution in [0.5, 0.6) is 5.75 Å². The van der Waals surface area contributed by atoms with Gasteiger partial charge >= 0.3 is 12.1 Å². The molecule has 4 nitrogen and oxygen atoms in total. The van der Waals surface area contributed by atoms with Crippen molar-refractivity contribution in [1.29, 1.82) is 0 Å². The van der Waals surface area contributed by atoms with E-state index in [0.29, 0.717) is 0 Å². The molecule has 0 spiro atoms. The van der Waals surface area contributed by atoms with Crippen molar-refractivity contribution < 1.29 is 36.9 Å². The standard InChI is InChI=1S/C15H16F4O4/c1-7-11(9-5-4-8(16)6-10(9)20)12(13(21)22-3)23-14(7,2)15(17,18)19/h4-7,11-12,20H,1-3H3/t7-,11-,12-,14+/m0/s1. The molecular weight excluding hydrogens is 320 g/mol. The van der Waals surface area contributed by atoms with Gasteiger partial charge in [0.2, 0.25) is 0 Å². The van der Waals surface area contributed by atoms with Gasteiger partial charge in [0.1, 0.15) is 11.6 Å². The number of rotatable bonds is 2. The molecule has 0 amide bonds. The van der Waals surface area contributed by atoms with Crippen LogP contribution in [0.25, 0.3) is 0 Å². The van der Waals surface area contributed by atoms with Crippen molar-refractivity contribution >= 4 is 5.97 Å². The Kier molecular flexibility index (Phi) is 4.32. The van der Waals surface area contributed by atoms with Crippen molar-refractivity contribution in [3.8, 4) is 5.75 Å². The zero-order chi connectivity index (χ0) is 17.6. The highest BCUT2D eigenvalue weighted by Gasteiger charge is 2.66. The van der Waals surface area contributed by atoms with E-state index in [1.165, 1.54) is 6.92 Å². The van der Waals surface area contributed by atoms with E-state index in [-0.39, 0.29) is 5.56 Å². The molecule has 8 heteroatoms. The Morgan fingerprint density at radius 1 is 1.39 bits per heavy atom. The summed E-state index contributed by atoms with van der Waals surface area (Å²) in [5, 5.41) is 9.89. The van der Waals surface area contributed by atoms with E-state index in [1.54, 1.807) is 0 Å². The third-order valence-electron chi connectivity index (χ3n) is 4.45. The van der Waals surface area contributed by atoms with Crippen molar-refractivity contribution in [3.05, 3.63) is 29.6 Å². The van der Waals surface area contributed by atoms with E-state index in [0.717, 1.165) is 32.2 Å². The summed E-state index contributed by atoms with van der Waals surface area (Å²) in [5.74, 6) is -4.60. The number of alkyl halides is 3. The van der Waals surface area contributed by atoms with Crippen LogP contribution in [0.15, 0.2) is 18.2 Å². The lowest BCUT2D eigenvalue weighted by Crippen LogP contribution is -2.47. The van der Waals surface area contributed by atoms with Crippen LogP contribution in [0.3, 0.4) is 0 Å². The smallest absolute Gasteiger partial charge is 0.417 e. The van der Waals surface area contributed by atoms with Gasteiger partial charge in [-0.25, -0.2) is 9.18 Å². The van der Waals surface area contributed by atoms with Gasteiger partial charge in [-0.2, -0.15) is 13.2 Å². The first-order chi connectivity index (χ1) is 10.5. The summed E-state index contributed by atoms with van der Waals surface area (Å²) in [6.07, 6.45) is -6.29. The van der Waals surface area contributed by atoms with E-state index >= 15 is 0 Å². The number of benzene rings is 1. The number of carbonyl (C=O) groups excluding carboxylic acids is 1. The summed E-state index contributed by atoms with van der Waals surface area (Å²) in [4.78, 5) is 11.9. The van der Waals surface area contributed by atoms with Crippen LogP contribution in [0, 0.1) is 11.7 Å². The molecule has 0 bridgehead atoms. The zero-order valence-corrected chi connectivity index (χ0v) is 12.6. The predicted molar refractivity (Wildman–Crippen MR) is 71.3 cm³/mol. The number of phenols is 1. The molecule has 1 aromatic rings. The molecule has 0 unspecified atom stereocenters. The normalized spacial score (nSPS) is 31.2. The van der Waals surface area contributed by atoms with Crippen molar-refractivity contribution in [3.63, 3.8) is 0 Å². The molecule has 2 rings (SSSR count). The zero-order valence-electron chi connectivity index (χ0n) is 12.6. The van der Waals surface area contributed by atoms with Gasteiger partial charge in [-0.3, -0.25) is 0 Å². The predicted octanol–water partition coefficient (Wildman–Crippen LogP) is 3.14. The maximum Gasteiger partial charge on any atom is 0.417 e. The lowest BCUT2D eigenvalue weighted by Gasteiger charge is -2.31. The minimum Gasteiger partial charge on any atom is -0.508 e. The Balaban J connectivity index is 2.55. The Morgan fingerprint density at radius 3 is 2.48 bits per heavy atom. The highest BCUT2D eigenvalue weighted by molar-refractivity contribution is 5.77. The monoisotopic (exact) mass is 336 g/mol. The Hall–Kier alpha value is -1.83. The van der Waals surface area contributed by atoms with Crippen LogP contribution < -0.4 is 0 Å². The molecule has 0 aromatic heterocycles. The molecule has 1 aromatic carbocycles. The Morgan fingerprint density at radius 2 is 2.00 bits per heavy atom.